The Kier molecular flexibility index (Phi) is 4.26. The van der Waals surface area contributed by atoms with E-state index in [1.165, 1.54) is 0 Å². The summed E-state index contributed by atoms with van der Waals surface area (Å²) >= 11 is 12.4. The Labute approximate surface area is 176 Å². The molecule has 144 valence electrons. The Morgan fingerprint density at radius 1 is 1.00 bits per heavy atom. The van der Waals surface area contributed by atoms with E-state index < -0.39 is 0 Å². The molecule has 0 saturated heterocycles. The number of halogens is 2. The molecule has 0 N–H and O–H groups in total. The molecule has 0 fully saturated rings. The summed E-state index contributed by atoms with van der Waals surface area (Å²) in [5.41, 5.74) is 5.81. The van der Waals surface area contributed by atoms with Gasteiger partial charge in [-0.3, -0.25) is 4.98 Å². The fraction of sp³-hybridized carbons (Fsp3) is 0.143. The predicted molar refractivity (Wildman–Crippen MR) is 115 cm³/mol. The van der Waals surface area contributed by atoms with E-state index in [2.05, 4.69) is 33.5 Å². The molecule has 5 aromatic rings. The van der Waals surface area contributed by atoms with Crippen LogP contribution in [0.4, 0.5) is 0 Å². The molecule has 8 heteroatoms. The maximum absolute atomic E-state index is 6.36. The lowest BCUT2D eigenvalue weighted by Gasteiger charge is -2.07. The van der Waals surface area contributed by atoms with Gasteiger partial charge in [0.1, 0.15) is 12.0 Å². The molecule has 0 radical (unpaired) electrons. The lowest BCUT2D eigenvalue weighted by Crippen LogP contribution is -2.03. The van der Waals surface area contributed by atoms with Gasteiger partial charge in [0.2, 0.25) is 0 Å². The van der Waals surface area contributed by atoms with Crippen LogP contribution in [0.15, 0.2) is 49.1 Å². The molecular weight excluding hydrogens is 407 g/mol. The Morgan fingerprint density at radius 3 is 2.55 bits per heavy atom. The average Bonchev–Trinajstić information content (AvgIpc) is 3.24. The second-order valence-electron chi connectivity index (χ2n) is 6.92. The molecule has 0 aliphatic rings. The van der Waals surface area contributed by atoms with Gasteiger partial charge < -0.3 is 4.57 Å². The fourth-order valence-corrected chi connectivity index (χ4v) is 4.07. The summed E-state index contributed by atoms with van der Waals surface area (Å²) in [7, 11) is 0. The highest BCUT2D eigenvalue weighted by Crippen LogP contribution is 2.31. The van der Waals surface area contributed by atoms with Crippen LogP contribution in [0.25, 0.3) is 28.1 Å². The van der Waals surface area contributed by atoms with Gasteiger partial charge in [0.05, 0.1) is 10.4 Å². The van der Waals surface area contributed by atoms with Gasteiger partial charge in [0.25, 0.3) is 0 Å². The third kappa shape index (κ3) is 2.96. The zero-order valence-electron chi connectivity index (χ0n) is 15.8. The molecular formula is C21H16Cl2N6. The van der Waals surface area contributed by atoms with Crippen LogP contribution >= 0.6 is 23.2 Å². The van der Waals surface area contributed by atoms with Gasteiger partial charge in [-0.25, -0.2) is 14.5 Å². The number of hydrogen-bond donors (Lipinski definition) is 0. The van der Waals surface area contributed by atoms with Crippen molar-refractivity contribution in [2.24, 2.45) is 0 Å². The topological polar surface area (TPSA) is 60.9 Å². The van der Waals surface area contributed by atoms with Crippen molar-refractivity contribution < 1.29 is 0 Å². The molecule has 29 heavy (non-hydrogen) atoms. The van der Waals surface area contributed by atoms with Crippen molar-refractivity contribution in [3.63, 3.8) is 0 Å². The monoisotopic (exact) mass is 422 g/mol. The molecule has 0 saturated carbocycles. The largest absolute Gasteiger partial charge is 0.325 e. The SMILES string of the molecule is Cc1c(C)n(Cc2ccncc2)c2ncn3nc(-c4ccc(Cl)cc4Cl)nc3c12. The van der Waals surface area contributed by atoms with E-state index >= 15 is 0 Å². The molecule has 4 aromatic heterocycles. The van der Waals surface area contributed by atoms with E-state index in [4.69, 9.17) is 28.2 Å². The van der Waals surface area contributed by atoms with Crippen molar-refractivity contribution in [2.75, 3.05) is 0 Å². The molecule has 1 aromatic carbocycles. The minimum Gasteiger partial charge on any atom is -0.325 e. The predicted octanol–water partition coefficient (Wildman–Crippen LogP) is 5.11. The highest BCUT2D eigenvalue weighted by Gasteiger charge is 2.19. The second-order valence-corrected chi connectivity index (χ2v) is 7.77. The van der Waals surface area contributed by atoms with Crippen LogP contribution in [-0.2, 0) is 6.54 Å². The van der Waals surface area contributed by atoms with Crippen molar-refractivity contribution >= 4 is 39.9 Å². The maximum Gasteiger partial charge on any atom is 0.183 e. The second kappa shape index (κ2) is 6.83. The molecule has 0 bridgehead atoms. The third-order valence-corrected chi connectivity index (χ3v) is 5.76. The zero-order valence-corrected chi connectivity index (χ0v) is 17.3. The van der Waals surface area contributed by atoms with E-state index in [0.717, 1.165) is 39.1 Å². The van der Waals surface area contributed by atoms with E-state index in [-0.39, 0.29) is 0 Å². The summed E-state index contributed by atoms with van der Waals surface area (Å²) in [5.74, 6) is 0.542. The van der Waals surface area contributed by atoms with Crippen molar-refractivity contribution in [1.82, 2.24) is 29.1 Å². The van der Waals surface area contributed by atoms with Crippen LogP contribution in [0.5, 0.6) is 0 Å². The van der Waals surface area contributed by atoms with E-state index in [1.54, 1.807) is 35.4 Å². The van der Waals surface area contributed by atoms with Crippen LogP contribution in [0.2, 0.25) is 10.0 Å². The van der Waals surface area contributed by atoms with Gasteiger partial charge in [-0.05, 0) is 55.3 Å². The minimum atomic E-state index is 0.515. The van der Waals surface area contributed by atoms with Gasteiger partial charge in [-0.1, -0.05) is 23.2 Å². The number of hydrogen-bond acceptors (Lipinski definition) is 4. The van der Waals surface area contributed by atoms with Gasteiger partial charge >= 0.3 is 0 Å². The highest BCUT2D eigenvalue weighted by molar-refractivity contribution is 6.36. The standard InChI is InChI=1S/C21H16Cl2N6/c1-12-13(2)28(10-14-5-7-24-8-6-14)20-18(12)21-26-19(27-29(21)11-25-20)16-4-3-15(22)9-17(16)23/h3-9,11H,10H2,1-2H3. The quantitative estimate of drug-likeness (QED) is 0.405. The molecule has 0 atom stereocenters. The Hall–Kier alpha value is -2.96. The number of rotatable bonds is 3. The van der Waals surface area contributed by atoms with Crippen LogP contribution in [0.1, 0.15) is 16.8 Å². The van der Waals surface area contributed by atoms with E-state index in [9.17, 15) is 0 Å². The Balaban J connectivity index is 1.71. The summed E-state index contributed by atoms with van der Waals surface area (Å²) in [6, 6.07) is 9.33. The lowest BCUT2D eigenvalue weighted by atomic mass is 10.2. The van der Waals surface area contributed by atoms with Crippen LogP contribution in [0, 0.1) is 13.8 Å². The van der Waals surface area contributed by atoms with Gasteiger partial charge in [-0.15, -0.1) is 5.10 Å². The molecule has 0 aliphatic heterocycles. The Bertz CT molecular complexity index is 1370. The first-order valence-corrected chi connectivity index (χ1v) is 9.83. The molecule has 6 nitrogen and oxygen atoms in total. The van der Waals surface area contributed by atoms with Crippen molar-refractivity contribution in [3.05, 3.63) is 75.9 Å². The van der Waals surface area contributed by atoms with Gasteiger partial charge in [-0.2, -0.15) is 0 Å². The summed E-state index contributed by atoms with van der Waals surface area (Å²) in [6.45, 7) is 4.90. The third-order valence-electron chi connectivity index (χ3n) is 5.21. The molecule has 5 rings (SSSR count). The normalized spacial score (nSPS) is 11.6. The molecule has 0 aliphatic carbocycles. The first-order valence-electron chi connectivity index (χ1n) is 9.08. The number of aryl methyl sites for hydroxylation is 1. The number of fused-ring (bicyclic) bond motifs is 3. The van der Waals surface area contributed by atoms with Crippen molar-refractivity contribution in [3.8, 4) is 11.4 Å². The lowest BCUT2D eigenvalue weighted by molar-refractivity contribution is 0.786. The molecule has 0 spiro atoms. The number of aromatic nitrogens is 6. The summed E-state index contributed by atoms with van der Waals surface area (Å²) < 4.78 is 3.90. The summed E-state index contributed by atoms with van der Waals surface area (Å²) in [6.07, 6.45) is 5.30. The summed E-state index contributed by atoms with van der Waals surface area (Å²) in [4.78, 5) is 13.6. The highest BCUT2D eigenvalue weighted by atomic mass is 35.5. The molecule has 4 heterocycles. The van der Waals surface area contributed by atoms with Gasteiger partial charge in [0.15, 0.2) is 11.5 Å². The Morgan fingerprint density at radius 2 is 1.79 bits per heavy atom. The van der Waals surface area contributed by atoms with Crippen LogP contribution in [0.3, 0.4) is 0 Å². The average molecular weight is 423 g/mol. The number of pyridine rings is 1. The molecule has 0 unspecified atom stereocenters. The van der Waals surface area contributed by atoms with E-state index in [1.807, 2.05) is 18.2 Å². The van der Waals surface area contributed by atoms with Crippen LogP contribution in [-0.4, -0.2) is 29.1 Å². The fourth-order valence-electron chi connectivity index (χ4n) is 3.58. The number of nitrogens with zero attached hydrogens (tertiary/aromatic N) is 6. The molecule has 0 amide bonds. The number of benzene rings is 1. The minimum absolute atomic E-state index is 0.515. The zero-order chi connectivity index (χ0) is 20.1. The first-order chi connectivity index (χ1) is 14.0. The summed E-state index contributed by atoms with van der Waals surface area (Å²) in [5, 5.41) is 6.66. The first kappa shape index (κ1) is 18.1. The van der Waals surface area contributed by atoms with E-state index in [0.29, 0.717) is 22.4 Å². The smallest absolute Gasteiger partial charge is 0.183 e. The van der Waals surface area contributed by atoms with Crippen LogP contribution < -0.4 is 0 Å². The maximum atomic E-state index is 6.36. The van der Waals surface area contributed by atoms with Gasteiger partial charge in [0, 0.05) is 35.2 Å². The van der Waals surface area contributed by atoms with Crippen molar-refractivity contribution in [1.29, 1.82) is 0 Å². The van der Waals surface area contributed by atoms with Crippen molar-refractivity contribution in [2.45, 2.75) is 20.4 Å².